The Hall–Kier alpha value is -1.79. The predicted molar refractivity (Wildman–Crippen MR) is 76.5 cm³/mol. The van der Waals surface area contributed by atoms with E-state index in [1.54, 1.807) is 11.0 Å². The molecule has 0 fully saturated rings. The van der Waals surface area contributed by atoms with Gasteiger partial charge in [0.05, 0.1) is 11.8 Å². The number of aromatic nitrogens is 4. The third-order valence-corrected chi connectivity index (χ3v) is 3.29. The van der Waals surface area contributed by atoms with Gasteiger partial charge in [-0.3, -0.25) is 0 Å². The van der Waals surface area contributed by atoms with E-state index in [4.69, 9.17) is 0 Å². The van der Waals surface area contributed by atoms with Gasteiger partial charge in [0.2, 0.25) is 0 Å². The normalized spacial score (nSPS) is 14.2. The Kier molecular flexibility index (Phi) is 5.20. The van der Waals surface area contributed by atoms with E-state index in [1.165, 1.54) is 5.56 Å². The Labute approximate surface area is 118 Å². The zero-order valence-electron chi connectivity index (χ0n) is 11.9. The lowest BCUT2D eigenvalue weighted by Crippen LogP contribution is -2.28. The Morgan fingerprint density at radius 1 is 1.30 bits per heavy atom. The molecule has 1 aromatic heterocycles. The smallest absolute Gasteiger partial charge is 0.143 e. The van der Waals surface area contributed by atoms with Crippen molar-refractivity contribution in [2.45, 2.75) is 38.8 Å². The summed E-state index contributed by atoms with van der Waals surface area (Å²) in [5, 5.41) is 24.1. The van der Waals surface area contributed by atoms with Crippen LogP contribution in [0.1, 0.15) is 38.3 Å². The van der Waals surface area contributed by atoms with Crippen molar-refractivity contribution in [3.05, 3.63) is 36.2 Å². The van der Waals surface area contributed by atoms with Crippen LogP contribution in [-0.2, 0) is 0 Å². The molecule has 0 radical (unpaired) electrons. The lowest BCUT2D eigenvalue weighted by molar-refractivity contribution is 0.157. The van der Waals surface area contributed by atoms with Crippen LogP contribution in [0.3, 0.4) is 0 Å². The monoisotopic (exact) mass is 275 g/mol. The summed E-state index contributed by atoms with van der Waals surface area (Å²) < 4.78 is 1.62. The van der Waals surface area contributed by atoms with Crippen LogP contribution in [0, 0.1) is 0 Å². The lowest BCUT2D eigenvalue weighted by Gasteiger charge is -2.17. The second-order valence-electron chi connectivity index (χ2n) is 4.92. The van der Waals surface area contributed by atoms with Crippen molar-refractivity contribution in [1.29, 1.82) is 0 Å². The number of rotatable bonds is 7. The first kappa shape index (κ1) is 14.6. The van der Waals surface area contributed by atoms with Crippen LogP contribution in [0.2, 0.25) is 0 Å². The molecule has 2 aromatic rings. The summed E-state index contributed by atoms with van der Waals surface area (Å²) in [7, 11) is 0. The minimum atomic E-state index is -0.275. The van der Waals surface area contributed by atoms with Crippen LogP contribution in [-0.4, -0.2) is 38.0 Å². The maximum absolute atomic E-state index is 9.73. The van der Waals surface area contributed by atoms with Gasteiger partial charge in [0.25, 0.3) is 0 Å². The van der Waals surface area contributed by atoms with Crippen molar-refractivity contribution < 1.29 is 5.11 Å². The average molecular weight is 275 g/mol. The molecule has 0 saturated carbocycles. The van der Waals surface area contributed by atoms with E-state index in [2.05, 4.69) is 34.7 Å². The minimum absolute atomic E-state index is 0.199. The maximum atomic E-state index is 9.73. The second-order valence-corrected chi connectivity index (χ2v) is 4.92. The molecule has 2 unspecified atom stereocenters. The minimum Gasteiger partial charge on any atom is -0.392 e. The summed E-state index contributed by atoms with van der Waals surface area (Å²) in [5.74, 6) is 0. The number of nitrogens with one attached hydrogen (secondary N) is 1. The van der Waals surface area contributed by atoms with Crippen molar-refractivity contribution in [2.75, 3.05) is 6.54 Å². The summed E-state index contributed by atoms with van der Waals surface area (Å²) in [6, 6.07) is 8.24. The van der Waals surface area contributed by atoms with E-state index in [9.17, 15) is 5.11 Å². The highest BCUT2D eigenvalue weighted by Crippen LogP contribution is 2.15. The molecule has 108 valence electrons. The van der Waals surface area contributed by atoms with Gasteiger partial charge in [-0.1, -0.05) is 25.5 Å². The van der Waals surface area contributed by atoms with E-state index in [0.717, 1.165) is 18.5 Å². The van der Waals surface area contributed by atoms with E-state index in [0.29, 0.717) is 6.54 Å². The van der Waals surface area contributed by atoms with Gasteiger partial charge in [0.15, 0.2) is 0 Å². The molecule has 6 nitrogen and oxygen atoms in total. The Morgan fingerprint density at radius 3 is 2.65 bits per heavy atom. The Morgan fingerprint density at radius 2 is 2.05 bits per heavy atom. The molecule has 20 heavy (non-hydrogen) atoms. The predicted octanol–water partition coefficient (Wildman–Crippen LogP) is 1.47. The molecule has 2 atom stereocenters. The van der Waals surface area contributed by atoms with Gasteiger partial charge in [-0.05, 0) is 41.5 Å². The molecular weight excluding hydrogens is 254 g/mol. The quantitative estimate of drug-likeness (QED) is 0.800. The van der Waals surface area contributed by atoms with Crippen molar-refractivity contribution in [3.63, 3.8) is 0 Å². The number of benzene rings is 1. The topological polar surface area (TPSA) is 75.9 Å². The van der Waals surface area contributed by atoms with E-state index in [1.807, 2.05) is 24.3 Å². The van der Waals surface area contributed by atoms with Crippen molar-refractivity contribution in [2.24, 2.45) is 0 Å². The Balaban J connectivity index is 1.92. The van der Waals surface area contributed by atoms with Crippen LogP contribution in [0.5, 0.6) is 0 Å². The first-order valence-electron chi connectivity index (χ1n) is 6.95. The SMILES string of the molecule is CCCC(O)CNC(C)c1ccc(-n2cnnn2)cc1. The summed E-state index contributed by atoms with van der Waals surface area (Å²) in [6.45, 7) is 4.78. The molecular formula is C14H21N5O. The molecule has 0 aliphatic heterocycles. The highest BCUT2D eigenvalue weighted by molar-refractivity contribution is 5.34. The molecule has 2 N–H and O–H groups in total. The fourth-order valence-corrected chi connectivity index (χ4v) is 2.06. The third kappa shape index (κ3) is 3.85. The molecule has 0 saturated heterocycles. The van der Waals surface area contributed by atoms with Gasteiger partial charge >= 0.3 is 0 Å². The molecule has 0 amide bonds. The summed E-state index contributed by atoms with van der Waals surface area (Å²) in [4.78, 5) is 0. The van der Waals surface area contributed by atoms with Crippen LogP contribution < -0.4 is 5.32 Å². The second kappa shape index (κ2) is 7.12. The lowest BCUT2D eigenvalue weighted by atomic mass is 10.1. The first-order valence-corrected chi connectivity index (χ1v) is 6.95. The fraction of sp³-hybridized carbons (Fsp3) is 0.500. The van der Waals surface area contributed by atoms with E-state index < -0.39 is 0 Å². The highest BCUT2D eigenvalue weighted by atomic mass is 16.3. The maximum Gasteiger partial charge on any atom is 0.143 e. The standard InChI is InChI=1S/C14H21N5O/c1-3-4-14(20)9-15-11(2)12-5-7-13(8-6-12)19-10-16-17-18-19/h5-8,10-11,14-15,20H,3-4,9H2,1-2H3. The molecule has 1 heterocycles. The van der Waals surface area contributed by atoms with Crippen LogP contribution >= 0.6 is 0 Å². The molecule has 0 aliphatic carbocycles. The molecule has 1 aromatic carbocycles. The van der Waals surface area contributed by atoms with Crippen LogP contribution in [0.15, 0.2) is 30.6 Å². The molecule has 2 rings (SSSR count). The first-order chi connectivity index (χ1) is 9.70. The average Bonchev–Trinajstić information content (AvgIpc) is 2.99. The number of aliphatic hydroxyl groups is 1. The summed E-state index contributed by atoms with van der Waals surface area (Å²) in [6.07, 6.45) is 3.12. The number of hydrogen-bond donors (Lipinski definition) is 2. The third-order valence-electron chi connectivity index (χ3n) is 3.29. The summed E-state index contributed by atoms with van der Waals surface area (Å²) in [5.41, 5.74) is 2.10. The van der Waals surface area contributed by atoms with Gasteiger partial charge in [0, 0.05) is 12.6 Å². The van der Waals surface area contributed by atoms with Crippen molar-refractivity contribution >= 4 is 0 Å². The van der Waals surface area contributed by atoms with E-state index >= 15 is 0 Å². The van der Waals surface area contributed by atoms with Crippen LogP contribution in [0.4, 0.5) is 0 Å². The van der Waals surface area contributed by atoms with Gasteiger partial charge in [-0.2, -0.15) is 0 Å². The molecule has 0 aliphatic rings. The fourth-order valence-electron chi connectivity index (χ4n) is 2.06. The van der Waals surface area contributed by atoms with Gasteiger partial charge in [-0.15, -0.1) is 5.10 Å². The largest absolute Gasteiger partial charge is 0.392 e. The van der Waals surface area contributed by atoms with Crippen molar-refractivity contribution in [3.8, 4) is 5.69 Å². The highest BCUT2D eigenvalue weighted by Gasteiger charge is 2.08. The molecule has 0 spiro atoms. The number of tetrazole rings is 1. The van der Waals surface area contributed by atoms with Gasteiger partial charge < -0.3 is 10.4 Å². The van der Waals surface area contributed by atoms with Crippen LogP contribution in [0.25, 0.3) is 5.69 Å². The number of hydrogen-bond acceptors (Lipinski definition) is 5. The van der Waals surface area contributed by atoms with Gasteiger partial charge in [0.1, 0.15) is 6.33 Å². The Bertz CT molecular complexity index is 497. The zero-order valence-corrected chi connectivity index (χ0v) is 11.9. The summed E-state index contributed by atoms with van der Waals surface area (Å²) >= 11 is 0. The zero-order chi connectivity index (χ0) is 14.4. The van der Waals surface area contributed by atoms with E-state index in [-0.39, 0.29) is 12.1 Å². The van der Waals surface area contributed by atoms with Gasteiger partial charge in [-0.25, -0.2) is 4.68 Å². The number of nitrogens with zero attached hydrogens (tertiary/aromatic N) is 4. The molecule has 0 bridgehead atoms. The molecule has 6 heteroatoms. The van der Waals surface area contributed by atoms with Crippen molar-refractivity contribution in [1.82, 2.24) is 25.5 Å². The number of aliphatic hydroxyl groups excluding tert-OH is 1.